The summed E-state index contributed by atoms with van der Waals surface area (Å²) in [5.41, 5.74) is -0.514. The first-order valence-corrected chi connectivity index (χ1v) is 7.57. The molecule has 22 heavy (non-hydrogen) atoms. The van der Waals surface area contributed by atoms with Crippen molar-refractivity contribution in [2.45, 2.75) is 24.9 Å². The van der Waals surface area contributed by atoms with Gasteiger partial charge in [-0.25, -0.2) is 4.98 Å². The standard InChI is InChI=1S/C16H22N4O2/c1-18(2)15(21)16(20-10-7-17-13-20)5-8-19(9-6-16)12-14-4-3-11-22-14/h3-4,7,10-11,13H,5-6,8-9,12H2,1-2H3. The Morgan fingerprint density at radius 1 is 1.41 bits per heavy atom. The minimum absolute atomic E-state index is 0.142. The molecular formula is C16H22N4O2. The minimum Gasteiger partial charge on any atom is -0.468 e. The van der Waals surface area contributed by atoms with Crippen LogP contribution in [0.3, 0.4) is 0 Å². The Labute approximate surface area is 130 Å². The molecule has 0 saturated carbocycles. The number of carbonyl (C=O) groups excluding carboxylic acids is 1. The second-order valence-corrected chi connectivity index (χ2v) is 6.06. The number of likely N-dealkylation sites (N-methyl/N-ethyl adjacent to an activating group) is 1. The van der Waals surface area contributed by atoms with E-state index in [1.807, 2.05) is 37.0 Å². The van der Waals surface area contributed by atoms with E-state index in [2.05, 4.69) is 9.88 Å². The van der Waals surface area contributed by atoms with Gasteiger partial charge in [-0.15, -0.1) is 0 Å². The van der Waals surface area contributed by atoms with Crippen LogP contribution in [0.2, 0.25) is 0 Å². The number of carbonyl (C=O) groups is 1. The molecule has 1 saturated heterocycles. The lowest BCUT2D eigenvalue weighted by molar-refractivity contribution is -0.141. The van der Waals surface area contributed by atoms with Gasteiger partial charge in [-0.2, -0.15) is 0 Å². The zero-order valence-electron chi connectivity index (χ0n) is 13.1. The molecule has 0 bridgehead atoms. The summed E-state index contributed by atoms with van der Waals surface area (Å²) in [4.78, 5) is 20.9. The highest BCUT2D eigenvalue weighted by Crippen LogP contribution is 2.32. The molecule has 1 aliphatic rings. The molecule has 0 aromatic carbocycles. The predicted molar refractivity (Wildman–Crippen MR) is 82.1 cm³/mol. The van der Waals surface area contributed by atoms with Crippen LogP contribution in [0, 0.1) is 0 Å². The van der Waals surface area contributed by atoms with Gasteiger partial charge in [0.25, 0.3) is 0 Å². The van der Waals surface area contributed by atoms with Crippen LogP contribution in [0.4, 0.5) is 0 Å². The Bertz CT molecular complexity index is 596. The molecule has 0 unspecified atom stereocenters. The van der Waals surface area contributed by atoms with E-state index < -0.39 is 5.54 Å². The highest BCUT2D eigenvalue weighted by molar-refractivity contribution is 5.84. The predicted octanol–water partition coefficient (Wildman–Crippen LogP) is 1.56. The van der Waals surface area contributed by atoms with Gasteiger partial charge in [-0.3, -0.25) is 9.69 Å². The van der Waals surface area contributed by atoms with E-state index in [9.17, 15) is 4.79 Å². The number of nitrogens with zero attached hydrogens (tertiary/aromatic N) is 4. The van der Waals surface area contributed by atoms with Crippen molar-refractivity contribution in [2.75, 3.05) is 27.2 Å². The lowest BCUT2D eigenvalue weighted by Gasteiger charge is -2.42. The van der Waals surface area contributed by atoms with Crippen LogP contribution >= 0.6 is 0 Å². The summed E-state index contributed by atoms with van der Waals surface area (Å²) in [5, 5.41) is 0. The van der Waals surface area contributed by atoms with Gasteiger partial charge in [0.15, 0.2) is 0 Å². The van der Waals surface area contributed by atoms with Crippen molar-refractivity contribution in [1.82, 2.24) is 19.4 Å². The summed E-state index contributed by atoms with van der Waals surface area (Å²) in [5.74, 6) is 1.11. The lowest BCUT2D eigenvalue weighted by Crippen LogP contribution is -2.54. The first-order chi connectivity index (χ1) is 10.6. The van der Waals surface area contributed by atoms with Crippen molar-refractivity contribution >= 4 is 5.91 Å². The van der Waals surface area contributed by atoms with Crippen molar-refractivity contribution < 1.29 is 9.21 Å². The Morgan fingerprint density at radius 3 is 2.73 bits per heavy atom. The summed E-state index contributed by atoms with van der Waals surface area (Å²) in [6.45, 7) is 2.51. The first kappa shape index (κ1) is 14.8. The molecule has 2 aromatic rings. The fourth-order valence-corrected chi connectivity index (χ4v) is 3.22. The summed E-state index contributed by atoms with van der Waals surface area (Å²) >= 11 is 0. The van der Waals surface area contributed by atoms with Gasteiger partial charge in [-0.1, -0.05) is 0 Å². The zero-order chi connectivity index (χ0) is 15.6. The zero-order valence-corrected chi connectivity index (χ0v) is 13.1. The average molecular weight is 302 g/mol. The Morgan fingerprint density at radius 2 is 2.18 bits per heavy atom. The SMILES string of the molecule is CN(C)C(=O)C1(n2ccnc2)CCN(Cc2ccco2)CC1. The maximum absolute atomic E-state index is 12.8. The van der Waals surface area contributed by atoms with Crippen molar-refractivity contribution in [3.63, 3.8) is 0 Å². The fraction of sp³-hybridized carbons (Fsp3) is 0.500. The number of hydrogen-bond acceptors (Lipinski definition) is 4. The second kappa shape index (κ2) is 5.96. The summed E-state index contributed by atoms with van der Waals surface area (Å²) in [6.07, 6.45) is 8.64. The Hall–Kier alpha value is -2.08. The molecule has 0 atom stereocenters. The van der Waals surface area contributed by atoms with Gasteiger partial charge < -0.3 is 13.9 Å². The van der Waals surface area contributed by atoms with Crippen LogP contribution in [0.1, 0.15) is 18.6 Å². The van der Waals surface area contributed by atoms with E-state index in [4.69, 9.17) is 4.42 Å². The van der Waals surface area contributed by atoms with Crippen LogP contribution in [0.15, 0.2) is 41.5 Å². The number of furan rings is 1. The molecule has 0 aliphatic carbocycles. The monoisotopic (exact) mass is 302 g/mol. The topological polar surface area (TPSA) is 54.5 Å². The Balaban J connectivity index is 1.75. The quantitative estimate of drug-likeness (QED) is 0.860. The number of rotatable bonds is 4. The molecule has 0 N–H and O–H groups in total. The summed E-state index contributed by atoms with van der Waals surface area (Å²) in [7, 11) is 3.63. The number of imidazole rings is 1. The summed E-state index contributed by atoms with van der Waals surface area (Å²) < 4.78 is 7.39. The van der Waals surface area contributed by atoms with Crippen molar-refractivity contribution in [3.05, 3.63) is 42.9 Å². The molecular weight excluding hydrogens is 280 g/mol. The first-order valence-electron chi connectivity index (χ1n) is 7.57. The van der Waals surface area contributed by atoms with E-state index in [0.29, 0.717) is 0 Å². The number of likely N-dealkylation sites (tertiary alicyclic amines) is 1. The average Bonchev–Trinajstić information content (AvgIpc) is 3.21. The van der Waals surface area contributed by atoms with Gasteiger partial charge in [0.2, 0.25) is 5.91 Å². The van der Waals surface area contributed by atoms with Gasteiger partial charge in [0, 0.05) is 39.6 Å². The molecule has 1 amide bonds. The van der Waals surface area contributed by atoms with Crippen LogP contribution in [-0.4, -0.2) is 52.4 Å². The van der Waals surface area contributed by atoms with E-state index in [1.54, 1.807) is 23.7 Å². The normalized spacial score (nSPS) is 18.3. The third kappa shape index (κ3) is 2.66. The molecule has 0 spiro atoms. The molecule has 6 nitrogen and oxygen atoms in total. The molecule has 2 aromatic heterocycles. The maximum Gasteiger partial charge on any atom is 0.248 e. The largest absolute Gasteiger partial charge is 0.468 e. The van der Waals surface area contributed by atoms with Crippen molar-refractivity contribution in [3.8, 4) is 0 Å². The smallest absolute Gasteiger partial charge is 0.248 e. The number of amides is 1. The summed E-state index contributed by atoms with van der Waals surface area (Å²) in [6, 6.07) is 3.90. The van der Waals surface area contributed by atoms with Crippen LogP contribution in [0.5, 0.6) is 0 Å². The molecule has 1 aliphatic heterocycles. The van der Waals surface area contributed by atoms with Gasteiger partial charge in [-0.05, 0) is 25.0 Å². The van der Waals surface area contributed by atoms with Crippen LogP contribution < -0.4 is 0 Å². The molecule has 3 heterocycles. The van der Waals surface area contributed by atoms with Crippen LogP contribution in [0.25, 0.3) is 0 Å². The highest BCUT2D eigenvalue weighted by atomic mass is 16.3. The van der Waals surface area contributed by atoms with E-state index in [-0.39, 0.29) is 5.91 Å². The molecule has 3 rings (SSSR count). The van der Waals surface area contributed by atoms with Gasteiger partial charge >= 0.3 is 0 Å². The molecule has 118 valence electrons. The lowest BCUT2D eigenvalue weighted by atomic mass is 9.85. The van der Waals surface area contributed by atoms with Gasteiger partial charge in [0.05, 0.1) is 19.1 Å². The highest BCUT2D eigenvalue weighted by Gasteiger charge is 2.43. The van der Waals surface area contributed by atoms with Gasteiger partial charge in [0.1, 0.15) is 11.3 Å². The fourth-order valence-electron chi connectivity index (χ4n) is 3.22. The maximum atomic E-state index is 12.8. The third-order valence-electron chi connectivity index (χ3n) is 4.45. The molecule has 0 radical (unpaired) electrons. The van der Waals surface area contributed by atoms with E-state index >= 15 is 0 Å². The van der Waals surface area contributed by atoms with E-state index in [1.165, 1.54) is 0 Å². The van der Waals surface area contributed by atoms with E-state index in [0.717, 1.165) is 38.2 Å². The molecule has 1 fully saturated rings. The minimum atomic E-state index is -0.514. The van der Waals surface area contributed by atoms with Crippen molar-refractivity contribution in [1.29, 1.82) is 0 Å². The second-order valence-electron chi connectivity index (χ2n) is 6.06. The molecule has 6 heteroatoms. The number of hydrogen-bond donors (Lipinski definition) is 0. The Kier molecular flexibility index (Phi) is 4.02. The van der Waals surface area contributed by atoms with Crippen molar-refractivity contribution in [2.24, 2.45) is 0 Å². The number of aromatic nitrogens is 2. The van der Waals surface area contributed by atoms with Crippen LogP contribution in [-0.2, 0) is 16.9 Å². The number of piperidine rings is 1. The third-order valence-corrected chi connectivity index (χ3v) is 4.45.